The van der Waals surface area contributed by atoms with Crippen molar-refractivity contribution in [1.82, 2.24) is 14.8 Å². The van der Waals surface area contributed by atoms with Gasteiger partial charge in [-0.05, 0) is 25.5 Å². The highest BCUT2D eigenvalue weighted by molar-refractivity contribution is 7.89. The Balaban J connectivity index is 2.49. The lowest BCUT2D eigenvalue weighted by Gasteiger charge is -2.13. The van der Waals surface area contributed by atoms with Crippen molar-refractivity contribution in [2.24, 2.45) is 5.14 Å². The molecule has 108 valence electrons. The Labute approximate surface area is 116 Å². The minimum atomic E-state index is -3.96. The Morgan fingerprint density at radius 2 is 1.95 bits per heavy atom. The first-order valence-electron chi connectivity index (χ1n) is 6.00. The van der Waals surface area contributed by atoms with Crippen molar-refractivity contribution < 1.29 is 12.8 Å². The number of hydrogen-bond donors (Lipinski definition) is 1. The lowest BCUT2D eigenvalue weighted by Crippen LogP contribution is -2.20. The van der Waals surface area contributed by atoms with Gasteiger partial charge in [-0.2, -0.15) is 0 Å². The van der Waals surface area contributed by atoms with E-state index in [1.807, 2.05) is 0 Å². The molecule has 1 aromatic carbocycles. The topological polar surface area (TPSA) is 90.9 Å². The molecule has 6 nitrogen and oxygen atoms in total. The summed E-state index contributed by atoms with van der Waals surface area (Å²) in [7, 11) is -3.96. The minimum absolute atomic E-state index is 0.146. The fraction of sp³-hybridized carbons (Fsp3) is 0.333. The summed E-state index contributed by atoms with van der Waals surface area (Å²) < 4.78 is 38.0. The zero-order valence-corrected chi connectivity index (χ0v) is 11.9. The number of nitrogens with zero attached hydrogens (tertiary/aromatic N) is 3. The van der Waals surface area contributed by atoms with Gasteiger partial charge in [0.15, 0.2) is 0 Å². The van der Waals surface area contributed by atoms with Crippen molar-refractivity contribution >= 4 is 10.0 Å². The predicted molar refractivity (Wildman–Crippen MR) is 71.0 cm³/mol. The number of primary sulfonamides is 1. The second-order valence-corrected chi connectivity index (χ2v) is 6.13. The van der Waals surface area contributed by atoms with E-state index < -0.39 is 10.0 Å². The lowest BCUT2D eigenvalue weighted by molar-refractivity contribution is 0.506. The Morgan fingerprint density at radius 1 is 1.30 bits per heavy atom. The molecule has 0 aliphatic carbocycles. The standard InChI is InChI=1S/C12H15FN4O2S/c1-8(2)17-11(15-16-12(17)20(14,18)19)7-9-5-3-4-6-10(9)13/h3-6,8H,7H2,1-2H3,(H2,14,18,19). The molecular formula is C12H15FN4O2S. The van der Waals surface area contributed by atoms with Crippen LogP contribution in [0.2, 0.25) is 0 Å². The molecule has 2 N–H and O–H groups in total. The van der Waals surface area contributed by atoms with E-state index in [9.17, 15) is 12.8 Å². The van der Waals surface area contributed by atoms with Crippen LogP contribution in [0.3, 0.4) is 0 Å². The van der Waals surface area contributed by atoms with E-state index in [4.69, 9.17) is 5.14 Å². The van der Waals surface area contributed by atoms with E-state index in [0.717, 1.165) is 0 Å². The van der Waals surface area contributed by atoms with E-state index >= 15 is 0 Å². The molecule has 0 aliphatic heterocycles. The van der Waals surface area contributed by atoms with Gasteiger partial charge in [0, 0.05) is 12.5 Å². The van der Waals surface area contributed by atoms with Crippen LogP contribution in [0.15, 0.2) is 29.4 Å². The zero-order chi connectivity index (χ0) is 14.9. The van der Waals surface area contributed by atoms with Crippen molar-refractivity contribution in [2.45, 2.75) is 31.5 Å². The van der Waals surface area contributed by atoms with Gasteiger partial charge in [0.05, 0.1) is 0 Å². The van der Waals surface area contributed by atoms with Gasteiger partial charge in [0.1, 0.15) is 11.6 Å². The highest BCUT2D eigenvalue weighted by atomic mass is 32.2. The van der Waals surface area contributed by atoms with Gasteiger partial charge in [-0.3, -0.25) is 4.57 Å². The Bertz CT molecular complexity index is 725. The maximum atomic E-state index is 13.6. The number of nitrogens with two attached hydrogens (primary N) is 1. The van der Waals surface area contributed by atoms with Gasteiger partial charge in [-0.15, -0.1) is 10.2 Å². The van der Waals surface area contributed by atoms with Crippen LogP contribution in [0.1, 0.15) is 31.3 Å². The first kappa shape index (κ1) is 14.6. The first-order valence-corrected chi connectivity index (χ1v) is 7.55. The van der Waals surface area contributed by atoms with E-state index in [2.05, 4.69) is 10.2 Å². The van der Waals surface area contributed by atoms with Crippen LogP contribution >= 0.6 is 0 Å². The second-order valence-electron chi connectivity index (χ2n) is 4.68. The molecule has 0 radical (unpaired) electrons. The highest BCUT2D eigenvalue weighted by Gasteiger charge is 2.23. The molecule has 0 aliphatic rings. The summed E-state index contributed by atoms with van der Waals surface area (Å²) >= 11 is 0. The summed E-state index contributed by atoms with van der Waals surface area (Å²) in [6.45, 7) is 3.56. The maximum absolute atomic E-state index is 13.6. The molecule has 0 fully saturated rings. The smallest absolute Gasteiger partial charge is 0.273 e. The molecule has 0 bridgehead atoms. The monoisotopic (exact) mass is 298 g/mol. The molecule has 0 atom stereocenters. The van der Waals surface area contributed by atoms with Crippen LogP contribution in [0.4, 0.5) is 4.39 Å². The van der Waals surface area contributed by atoms with Gasteiger partial charge in [-0.1, -0.05) is 18.2 Å². The number of rotatable bonds is 4. The fourth-order valence-corrected chi connectivity index (χ4v) is 2.70. The van der Waals surface area contributed by atoms with Crippen molar-refractivity contribution in [3.63, 3.8) is 0 Å². The SMILES string of the molecule is CC(C)n1c(Cc2ccccc2F)nnc1S(N)(=O)=O. The number of hydrogen-bond acceptors (Lipinski definition) is 4. The molecule has 0 saturated carbocycles. The number of sulfonamides is 1. The largest absolute Gasteiger partial charge is 0.298 e. The fourth-order valence-electron chi connectivity index (χ4n) is 1.95. The minimum Gasteiger partial charge on any atom is -0.298 e. The van der Waals surface area contributed by atoms with Crippen LogP contribution in [0, 0.1) is 5.82 Å². The number of aromatic nitrogens is 3. The Kier molecular flexibility index (Phi) is 3.87. The summed E-state index contributed by atoms with van der Waals surface area (Å²) in [6, 6.07) is 6.04. The molecule has 20 heavy (non-hydrogen) atoms. The summed E-state index contributed by atoms with van der Waals surface area (Å²) in [5, 5.41) is 12.2. The van der Waals surface area contributed by atoms with Crippen LogP contribution < -0.4 is 5.14 Å². The predicted octanol–water partition coefficient (Wildman–Crippen LogP) is 1.24. The number of benzene rings is 1. The van der Waals surface area contributed by atoms with Gasteiger partial charge < -0.3 is 0 Å². The summed E-state index contributed by atoms with van der Waals surface area (Å²) in [6.07, 6.45) is 0.146. The molecule has 2 rings (SSSR count). The summed E-state index contributed by atoms with van der Waals surface area (Å²) in [4.78, 5) is 0. The van der Waals surface area contributed by atoms with Crippen LogP contribution in [-0.4, -0.2) is 23.2 Å². The molecule has 0 saturated heterocycles. The highest BCUT2D eigenvalue weighted by Crippen LogP contribution is 2.18. The molecule has 8 heteroatoms. The molecule has 1 heterocycles. The van der Waals surface area contributed by atoms with Gasteiger partial charge in [0.25, 0.3) is 15.2 Å². The van der Waals surface area contributed by atoms with Crippen molar-refractivity contribution in [3.8, 4) is 0 Å². The number of halogens is 1. The van der Waals surface area contributed by atoms with Gasteiger partial charge in [0.2, 0.25) is 0 Å². The Morgan fingerprint density at radius 3 is 2.50 bits per heavy atom. The van der Waals surface area contributed by atoms with Crippen molar-refractivity contribution in [3.05, 3.63) is 41.5 Å². The van der Waals surface area contributed by atoms with E-state index in [-0.39, 0.29) is 23.4 Å². The van der Waals surface area contributed by atoms with E-state index in [1.165, 1.54) is 10.6 Å². The van der Waals surface area contributed by atoms with Gasteiger partial charge in [-0.25, -0.2) is 17.9 Å². The molecular weight excluding hydrogens is 283 g/mol. The van der Waals surface area contributed by atoms with Crippen LogP contribution in [-0.2, 0) is 16.4 Å². The third kappa shape index (κ3) is 2.86. The molecule has 0 unspecified atom stereocenters. The third-order valence-corrected chi connectivity index (χ3v) is 3.60. The first-order chi connectivity index (χ1) is 9.30. The van der Waals surface area contributed by atoms with Crippen molar-refractivity contribution in [2.75, 3.05) is 0 Å². The van der Waals surface area contributed by atoms with E-state index in [1.54, 1.807) is 32.0 Å². The third-order valence-electron chi connectivity index (χ3n) is 2.81. The maximum Gasteiger partial charge on any atom is 0.273 e. The van der Waals surface area contributed by atoms with Crippen LogP contribution in [0.5, 0.6) is 0 Å². The van der Waals surface area contributed by atoms with Gasteiger partial charge >= 0.3 is 0 Å². The average Bonchev–Trinajstić information content (AvgIpc) is 2.75. The molecule has 2 aromatic rings. The summed E-state index contributed by atoms with van der Waals surface area (Å²) in [5.41, 5.74) is 0.419. The second kappa shape index (κ2) is 5.29. The normalized spacial score (nSPS) is 12.1. The van der Waals surface area contributed by atoms with E-state index in [0.29, 0.717) is 11.4 Å². The molecule has 1 aromatic heterocycles. The van der Waals surface area contributed by atoms with Crippen LogP contribution in [0.25, 0.3) is 0 Å². The van der Waals surface area contributed by atoms with Crippen molar-refractivity contribution in [1.29, 1.82) is 0 Å². The summed E-state index contributed by atoms with van der Waals surface area (Å²) in [5.74, 6) is -0.0166. The quantitative estimate of drug-likeness (QED) is 0.919. The zero-order valence-electron chi connectivity index (χ0n) is 11.1. The average molecular weight is 298 g/mol. The molecule has 0 amide bonds. The molecule has 0 spiro atoms. The lowest BCUT2D eigenvalue weighted by atomic mass is 10.1. The Hall–Kier alpha value is -1.80.